The molecule has 0 radical (unpaired) electrons. The highest BCUT2D eigenvalue weighted by Crippen LogP contribution is 2.44. The average Bonchev–Trinajstić information content (AvgIpc) is 3.05. The number of aliphatic hydroxyl groups excluding tert-OH is 1. The maximum atomic E-state index is 10.1. The first-order valence-corrected chi connectivity index (χ1v) is 6.43. The molecule has 0 aliphatic heterocycles. The Kier molecular flexibility index (Phi) is 3.45. The van der Waals surface area contributed by atoms with Crippen molar-refractivity contribution < 1.29 is 10.2 Å². The van der Waals surface area contributed by atoms with Gasteiger partial charge in [0.05, 0.1) is 11.4 Å². The predicted octanol–water partition coefficient (Wildman–Crippen LogP) is 1.48. The van der Waals surface area contributed by atoms with Crippen molar-refractivity contribution in [1.29, 1.82) is 0 Å². The zero-order chi connectivity index (χ0) is 13.4. The van der Waals surface area contributed by atoms with E-state index in [4.69, 9.17) is 0 Å². The number of hydrogen-bond acceptors (Lipinski definition) is 4. The first-order valence-electron chi connectivity index (χ1n) is 6.43. The topological polar surface area (TPSA) is 65.4 Å². The van der Waals surface area contributed by atoms with Crippen molar-refractivity contribution in [3.05, 3.63) is 29.6 Å². The van der Waals surface area contributed by atoms with Crippen molar-refractivity contribution in [2.45, 2.75) is 50.9 Å². The standard InChI is InChI=1S/C14H22N2O2/c1-13(2,3)15-9-11(17)10-5-4-6-12(16-10)14(18)7-8-14/h4-6,11,15,17-18H,7-9H2,1-3H3/t11-/m0/s1. The summed E-state index contributed by atoms with van der Waals surface area (Å²) in [6.07, 6.45) is 0.881. The normalized spacial score (nSPS) is 19.6. The molecule has 1 heterocycles. The average molecular weight is 250 g/mol. The fourth-order valence-corrected chi connectivity index (χ4v) is 1.78. The van der Waals surface area contributed by atoms with Crippen LogP contribution in [0.2, 0.25) is 0 Å². The largest absolute Gasteiger partial charge is 0.385 e. The number of aromatic nitrogens is 1. The molecule has 0 aromatic carbocycles. The minimum atomic E-state index is -0.743. The smallest absolute Gasteiger partial charge is 0.108 e. The number of nitrogens with zero attached hydrogens (tertiary/aromatic N) is 1. The van der Waals surface area contributed by atoms with E-state index in [1.165, 1.54) is 0 Å². The molecule has 3 N–H and O–H groups in total. The second-order valence-corrected chi connectivity index (χ2v) is 6.13. The first kappa shape index (κ1) is 13.5. The van der Waals surface area contributed by atoms with E-state index in [1.807, 2.05) is 12.1 Å². The second-order valence-electron chi connectivity index (χ2n) is 6.13. The van der Waals surface area contributed by atoms with Gasteiger partial charge in [-0.15, -0.1) is 0 Å². The molecule has 2 rings (SSSR count). The molecule has 4 nitrogen and oxygen atoms in total. The molecule has 18 heavy (non-hydrogen) atoms. The summed E-state index contributed by atoms with van der Waals surface area (Å²) in [6.45, 7) is 6.61. The lowest BCUT2D eigenvalue weighted by atomic mass is 10.1. The Balaban J connectivity index is 2.04. The minimum Gasteiger partial charge on any atom is -0.385 e. The van der Waals surface area contributed by atoms with Crippen LogP contribution >= 0.6 is 0 Å². The van der Waals surface area contributed by atoms with Gasteiger partial charge in [0.1, 0.15) is 11.7 Å². The Hall–Kier alpha value is -0.970. The monoisotopic (exact) mass is 250 g/mol. The first-order chi connectivity index (χ1) is 8.30. The van der Waals surface area contributed by atoms with E-state index < -0.39 is 11.7 Å². The van der Waals surface area contributed by atoms with E-state index in [1.54, 1.807) is 6.07 Å². The van der Waals surface area contributed by atoms with Crippen LogP contribution in [-0.2, 0) is 5.60 Å². The van der Waals surface area contributed by atoms with Crippen molar-refractivity contribution in [3.63, 3.8) is 0 Å². The van der Waals surface area contributed by atoms with Gasteiger partial charge in [-0.25, -0.2) is 0 Å². The Morgan fingerprint density at radius 1 is 1.39 bits per heavy atom. The zero-order valence-electron chi connectivity index (χ0n) is 11.3. The van der Waals surface area contributed by atoms with Crippen LogP contribution in [0.15, 0.2) is 18.2 Å². The van der Waals surface area contributed by atoms with Crippen molar-refractivity contribution in [1.82, 2.24) is 10.3 Å². The van der Waals surface area contributed by atoms with Gasteiger partial charge in [0.15, 0.2) is 0 Å². The molecule has 0 unspecified atom stereocenters. The predicted molar refractivity (Wildman–Crippen MR) is 70.1 cm³/mol. The summed E-state index contributed by atoms with van der Waals surface area (Å²) in [5, 5.41) is 23.3. The fourth-order valence-electron chi connectivity index (χ4n) is 1.78. The van der Waals surface area contributed by atoms with Crippen LogP contribution in [0.4, 0.5) is 0 Å². The number of aliphatic hydroxyl groups is 2. The third-order valence-electron chi connectivity index (χ3n) is 3.14. The van der Waals surface area contributed by atoms with Crippen LogP contribution < -0.4 is 5.32 Å². The van der Waals surface area contributed by atoms with Crippen LogP contribution in [0.25, 0.3) is 0 Å². The van der Waals surface area contributed by atoms with Crippen molar-refractivity contribution in [2.75, 3.05) is 6.54 Å². The highest BCUT2D eigenvalue weighted by molar-refractivity contribution is 5.23. The van der Waals surface area contributed by atoms with Crippen LogP contribution in [0, 0.1) is 0 Å². The molecule has 1 aromatic heterocycles. The summed E-state index contributed by atoms with van der Waals surface area (Å²) in [7, 11) is 0. The third kappa shape index (κ3) is 3.28. The molecule has 0 amide bonds. The minimum absolute atomic E-state index is 0.0344. The molecule has 1 aromatic rings. The van der Waals surface area contributed by atoms with Gasteiger partial charge in [-0.1, -0.05) is 6.07 Å². The molecule has 100 valence electrons. The van der Waals surface area contributed by atoms with Crippen molar-refractivity contribution in [3.8, 4) is 0 Å². The van der Waals surface area contributed by atoms with Gasteiger partial charge in [0.25, 0.3) is 0 Å². The highest BCUT2D eigenvalue weighted by atomic mass is 16.3. The summed E-state index contributed by atoms with van der Waals surface area (Å²) >= 11 is 0. The molecule has 1 atom stereocenters. The number of rotatable bonds is 4. The van der Waals surface area contributed by atoms with Crippen LogP contribution in [-0.4, -0.2) is 27.3 Å². The van der Waals surface area contributed by atoms with E-state index in [2.05, 4.69) is 31.1 Å². The van der Waals surface area contributed by atoms with Gasteiger partial charge in [0.2, 0.25) is 0 Å². The Morgan fingerprint density at radius 3 is 2.61 bits per heavy atom. The third-order valence-corrected chi connectivity index (χ3v) is 3.14. The van der Waals surface area contributed by atoms with Gasteiger partial charge >= 0.3 is 0 Å². The van der Waals surface area contributed by atoms with Crippen LogP contribution in [0.1, 0.15) is 51.1 Å². The number of pyridine rings is 1. The molecular weight excluding hydrogens is 228 g/mol. The lowest BCUT2D eigenvalue weighted by Gasteiger charge is -2.23. The van der Waals surface area contributed by atoms with Crippen molar-refractivity contribution in [2.24, 2.45) is 0 Å². The van der Waals surface area contributed by atoms with Gasteiger partial charge in [-0.05, 0) is 45.7 Å². The van der Waals surface area contributed by atoms with Gasteiger partial charge in [-0.2, -0.15) is 0 Å². The SMILES string of the molecule is CC(C)(C)NC[C@H](O)c1cccc(C2(O)CC2)n1. The van der Waals surface area contributed by atoms with Gasteiger partial charge in [0, 0.05) is 12.1 Å². The molecule has 0 spiro atoms. The highest BCUT2D eigenvalue weighted by Gasteiger charge is 2.43. The second kappa shape index (κ2) is 4.61. The van der Waals surface area contributed by atoms with Crippen LogP contribution in [0.5, 0.6) is 0 Å². The van der Waals surface area contributed by atoms with Crippen molar-refractivity contribution >= 4 is 0 Å². The molecule has 0 bridgehead atoms. The Bertz CT molecular complexity index is 422. The Labute approximate surface area is 108 Å². The fraction of sp³-hybridized carbons (Fsp3) is 0.643. The van der Waals surface area contributed by atoms with Crippen LogP contribution in [0.3, 0.4) is 0 Å². The van der Waals surface area contributed by atoms with E-state index >= 15 is 0 Å². The van der Waals surface area contributed by atoms with E-state index in [-0.39, 0.29) is 5.54 Å². The number of hydrogen-bond donors (Lipinski definition) is 3. The molecule has 4 heteroatoms. The summed E-state index contributed by atoms with van der Waals surface area (Å²) in [6, 6.07) is 5.46. The summed E-state index contributed by atoms with van der Waals surface area (Å²) in [5.74, 6) is 0. The summed E-state index contributed by atoms with van der Waals surface area (Å²) < 4.78 is 0. The van der Waals surface area contributed by atoms with E-state index in [9.17, 15) is 10.2 Å². The molecule has 1 aliphatic rings. The Morgan fingerprint density at radius 2 is 2.06 bits per heavy atom. The van der Waals surface area contributed by atoms with Gasteiger partial charge < -0.3 is 15.5 Å². The maximum Gasteiger partial charge on any atom is 0.108 e. The molecule has 0 saturated heterocycles. The molecular formula is C14H22N2O2. The van der Waals surface area contributed by atoms with E-state index in [0.717, 1.165) is 12.8 Å². The number of nitrogens with one attached hydrogen (secondary N) is 1. The summed E-state index contributed by atoms with van der Waals surface area (Å²) in [5.41, 5.74) is 0.514. The lowest BCUT2D eigenvalue weighted by molar-refractivity contribution is 0.140. The molecule has 1 fully saturated rings. The van der Waals surface area contributed by atoms with Gasteiger partial charge in [-0.3, -0.25) is 4.98 Å². The lowest BCUT2D eigenvalue weighted by Crippen LogP contribution is -2.38. The maximum absolute atomic E-state index is 10.1. The summed E-state index contributed by atoms with van der Waals surface area (Å²) in [4.78, 5) is 4.37. The zero-order valence-corrected chi connectivity index (χ0v) is 11.3. The van der Waals surface area contributed by atoms with E-state index in [0.29, 0.717) is 17.9 Å². The number of β-amino-alcohol motifs (C(OH)–C–C–N with tert-alkyl or cyclic N) is 1. The quantitative estimate of drug-likeness (QED) is 0.757. The molecule has 1 aliphatic carbocycles. The molecule has 1 saturated carbocycles.